The number of benzene rings is 2. The average molecular weight is 414 g/mol. The SMILES string of the molecule is CCCOc1ccccc1OCC(=O)OCC(=O)Nc1ccc(C(=O)N(C)C)cc1. The number of anilines is 1. The normalized spacial score (nSPS) is 10.1. The fraction of sp³-hybridized carbons (Fsp3) is 0.318. The summed E-state index contributed by atoms with van der Waals surface area (Å²) in [6.07, 6.45) is 0.847. The second kappa shape index (κ2) is 11.5. The predicted octanol–water partition coefficient (Wildman–Crippen LogP) is 2.74. The zero-order chi connectivity index (χ0) is 21.9. The van der Waals surface area contributed by atoms with Crippen molar-refractivity contribution in [1.82, 2.24) is 4.90 Å². The fourth-order valence-electron chi connectivity index (χ4n) is 2.38. The van der Waals surface area contributed by atoms with E-state index in [1.807, 2.05) is 13.0 Å². The Labute approximate surface area is 175 Å². The second-order valence-electron chi connectivity index (χ2n) is 6.57. The van der Waals surface area contributed by atoms with Crippen molar-refractivity contribution >= 4 is 23.5 Å². The van der Waals surface area contributed by atoms with Crippen LogP contribution in [-0.2, 0) is 14.3 Å². The van der Waals surface area contributed by atoms with Crippen LogP contribution in [0.15, 0.2) is 48.5 Å². The summed E-state index contributed by atoms with van der Waals surface area (Å²) in [6, 6.07) is 13.4. The lowest BCUT2D eigenvalue weighted by atomic mass is 10.2. The Morgan fingerprint density at radius 1 is 0.900 bits per heavy atom. The van der Waals surface area contributed by atoms with E-state index in [1.54, 1.807) is 56.6 Å². The molecule has 2 aromatic carbocycles. The van der Waals surface area contributed by atoms with E-state index in [4.69, 9.17) is 14.2 Å². The highest BCUT2D eigenvalue weighted by Crippen LogP contribution is 2.26. The van der Waals surface area contributed by atoms with Crippen molar-refractivity contribution in [2.45, 2.75) is 13.3 Å². The van der Waals surface area contributed by atoms with Crippen molar-refractivity contribution in [1.29, 1.82) is 0 Å². The number of esters is 1. The van der Waals surface area contributed by atoms with Crippen LogP contribution in [0.4, 0.5) is 5.69 Å². The van der Waals surface area contributed by atoms with Gasteiger partial charge in [-0.15, -0.1) is 0 Å². The number of carbonyl (C=O) groups is 3. The van der Waals surface area contributed by atoms with E-state index in [1.165, 1.54) is 4.90 Å². The molecule has 0 aliphatic carbocycles. The summed E-state index contributed by atoms with van der Waals surface area (Å²) >= 11 is 0. The molecular formula is C22H26N2O6. The topological polar surface area (TPSA) is 94.2 Å². The van der Waals surface area contributed by atoms with Gasteiger partial charge in [-0.1, -0.05) is 19.1 Å². The third kappa shape index (κ3) is 7.12. The van der Waals surface area contributed by atoms with Crippen molar-refractivity contribution < 1.29 is 28.6 Å². The lowest BCUT2D eigenvalue weighted by molar-refractivity contribution is -0.149. The molecule has 0 heterocycles. The monoisotopic (exact) mass is 414 g/mol. The molecule has 0 atom stereocenters. The minimum absolute atomic E-state index is 0.136. The molecular weight excluding hydrogens is 388 g/mol. The number of nitrogens with one attached hydrogen (secondary N) is 1. The molecule has 0 bridgehead atoms. The minimum Gasteiger partial charge on any atom is -0.490 e. The molecule has 2 amide bonds. The summed E-state index contributed by atoms with van der Waals surface area (Å²) in [5.74, 6) is -0.339. The first-order valence-corrected chi connectivity index (χ1v) is 9.52. The van der Waals surface area contributed by atoms with Gasteiger partial charge < -0.3 is 24.4 Å². The van der Waals surface area contributed by atoms with Gasteiger partial charge in [0.1, 0.15) is 0 Å². The van der Waals surface area contributed by atoms with E-state index >= 15 is 0 Å². The Bertz CT molecular complexity index is 864. The van der Waals surface area contributed by atoms with Crippen molar-refractivity contribution in [3.05, 3.63) is 54.1 Å². The molecule has 30 heavy (non-hydrogen) atoms. The van der Waals surface area contributed by atoms with Gasteiger partial charge in [0.15, 0.2) is 24.7 Å². The maximum absolute atomic E-state index is 12.0. The van der Waals surface area contributed by atoms with E-state index < -0.39 is 18.5 Å². The van der Waals surface area contributed by atoms with Crippen LogP contribution < -0.4 is 14.8 Å². The average Bonchev–Trinajstić information content (AvgIpc) is 2.75. The van der Waals surface area contributed by atoms with Crippen LogP contribution in [0.5, 0.6) is 11.5 Å². The molecule has 0 saturated carbocycles. The molecule has 8 nitrogen and oxygen atoms in total. The summed E-state index contributed by atoms with van der Waals surface area (Å²) < 4.78 is 15.9. The number of carbonyl (C=O) groups excluding carboxylic acids is 3. The maximum atomic E-state index is 12.0. The largest absolute Gasteiger partial charge is 0.490 e. The molecule has 0 aliphatic rings. The maximum Gasteiger partial charge on any atom is 0.344 e. The molecule has 2 rings (SSSR count). The quantitative estimate of drug-likeness (QED) is 0.601. The highest BCUT2D eigenvalue weighted by Gasteiger charge is 2.12. The second-order valence-corrected chi connectivity index (χ2v) is 6.57. The van der Waals surface area contributed by atoms with Gasteiger partial charge in [-0.2, -0.15) is 0 Å². The van der Waals surface area contributed by atoms with Crippen molar-refractivity contribution in [3.8, 4) is 11.5 Å². The smallest absolute Gasteiger partial charge is 0.344 e. The summed E-state index contributed by atoms with van der Waals surface area (Å²) in [5, 5.41) is 2.60. The number of hydrogen-bond acceptors (Lipinski definition) is 6. The minimum atomic E-state index is -0.678. The summed E-state index contributed by atoms with van der Waals surface area (Å²) in [7, 11) is 3.32. The van der Waals surface area contributed by atoms with Gasteiger partial charge in [-0.3, -0.25) is 9.59 Å². The number of rotatable bonds is 10. The summed E-state index contributed by atoms with van der Waals surface area (Å²) in [4.78, 5) is 37.2. The highest BCUT2D eigenvalue weighted by molar-refractivity contribution is 5.96. The molecule has 0 aromatic heterocycles. The van der Waals surface area contributed by atoms with Gasteiger partial charge in [0.05, 0.1) is 6.61 Å². The van der Waals surface area contributed by atoms with Crippen molar-refractivity contribution in [3.63, 3.8) is 0 Å². The lowest BCUT2D eigenvalue weighted by Gasteiger charge is -2.12. The molecule has 1 N–H and O–H groups in total. The summed E-state index contributed by atoms with van der Waals surface area (Å²) in [5.41, 5.74) is 0.995. The molecule has 0 spiro atoms. The van der Waals surface area contributed by atoms with Crippen LogP contribution in [0.3, 0.4) is 0 Å². The Morgan fingerprint density at radius 3 is 2.13 bits per heavy atom. The van der Waals surface area contributed by atoms with Gasteiger partial charge in [-0.05, 0) is 42.8 Å². The Hall–Kier alpha value is -3.55. The molecule has 2 aromatic rings. The van der Waals surface area contributed by atoms with Crippen LogP contribution in [0.2, 0.25) is 0 Å². The Morgan fingerprint density at radius 2 is 1.53 bits per heavy atom. The predicted molar refractivity (Wildman–Crippen MR) is 112 cm³/mol. The van der Waals surface area contributed by atoms with E-state index in [0.717, 1.165) is 6.42 Å². The number of hydrogen-bond donors (Lipinski definition) is 1. The Kier molecular flexibility index (Phi) is 8.68. The zero-order valence-electron chi connectivity index (χ0n) is 17.3. The molecule has 0 radical (unpaired) electrons. The van der Waals surface area contributed by atoms with Crippen LogP contribution >= 0.6 is 0 Å². The van der Waals surface area contributed by atoms with Gasteiger partial charge in [-0.25, -0.2) is 4.79 Å². The number of ether oxygens (including phenoxy) is 3. The van der Waals surface area contributed by atoms with E-state index in [2.05, 4.69) is 5.32 Å². The highest BCUT2D eigenvalue weighted by atomic mass is 16.6. The van der Waals surface area contributed by atoms with Gasteiger partial charge in [0.2, 0.25) is 0 Å². The number of nitrogens with zero attached hydrogens (tertiary/aromatic N) is 1. The van der Waals surface area contributed by atoms with Crippen LogP contribution in [0, 0.1) is 0 Å². The fourth-order valence-corrected chi connectivity index (χ4v) is 2.38. The van der Waals surface area contributed by atoms with Crippen LogP contribution in [-0.4, -0.2) is 56.6 Å². The molecule has 0 aliphatic heterocycles. The third-order valence-electron chi connectivity index (χ3n) is 3.84. The van der Waals surface area contributed by atoms with Gasteiger partial charge in [0.25, 0.3) is 11.8 Å². The molecule has 8 heteroatoms. The molecule has 0 unspecified atom stereocenters. The third-order valence-corrected chi connectivity index (χ3v) is 3.84. The van der Waals surface area contributed by atoms with Crippen LogP contribution in [0.1, 0.15) is 23.7 Å². The zero-order valence-corrected chi connectivity index (χ0v) is 17.3. The standard InChI is InChI=1S/C22H26N2O6/c1-4-13-28-18-7-5-6-8-19(18)29-15-21(26)30-14-20(25)23-17-11-9-16(10-12-17)22(27)24(2)3/h5-12H,4,13-15H2,1-3H3,(H,23,25). The van der Waals surface area contributed by atoms with E-state index in [0.29, 0.717) is 29.4 Å². The number of para-hydroxylation sites is 2. The van der Waals surface area contributed by atoms with Gasteiger partial charge in [0, 0.05) is 25.3 Å². The first-order chi connectivity index (χ1) is 14.4. The lowest BCUT2D eigenvalue weighted by Crippen LogP contribution is -2.24. The molecule has 160 valence electrons. The van der Waals surface area contributed by atoms with E-state index in [-0.39, 0.29) is 12.5 Å². The molecule has 0 saturated heterocycles. The van der Waals surface area contributed by atoms with Crippen molar-refractivity contribution in [2.24, 2.45) is 0 Å². The van der Waals surface area contributed by atoms with Gasteiger partial charge >= 0.3 is 5.97 Å². The Balaban J connectivity index is 1.77. The summed E-state index contributed by atoms with van der Waals surface area (Å²) in [6.45, 7) is 1.73. The van der Waals surface area contributed by atoms with Crippen LogP contribution in [0.25, 0.3) is 0 Å². The molecule has 0 fully saturated rings. The first kappa shape index (κ1) is 22.7. The number of amides is 2. The van der Waals surface area contributed by atoms with E-state index in [9.17, 15) is 14.4 Å². The first-order valence-electron chi connectivity index (χ1n) is 9.52. The van der Waals surface area contributed by atoms with Crippen molar-refractivity contribution in [2.75, 3.05) is 39.2 Å².